The highest BCUT2D eigenvalue weighted by molar-refractivity contribution is 9.10. The Morgan fingerprint density at radius 2 is 1.71 bits per heavy atom. The van der Waals surface area contributed by atoms with E-state index in [9.17, 15) is 4.79 Å². The standard InChI is InChI=1S/C13H13BrN2O/c1-8-5-11(17)6-9(2)16(8)13-4-3-10(14)7-12(13)15/h3-7H,15H2,1-2H3. The molecule has 2 aromatic rings. The van der Waals surface area contributed by atoms with Crippen LogP contribution < -0.4 is 11.2 Å². The minimum absolute atomic E-state index is 0.0203. The van der Waals surface area contributed by atoms with Gasteiger partial charge in [0.15, 0.2) is 5.43 Å². The van der Waals surface area contributed by atoms with Crippen molar-refractivity contribution >= 4 is 21.6 Å². The normalized spacial score (nSPS) is 10.5. The molecule has 0 saturated heterocycles. The Balaban J connectivity index is 2.73. The van der Waals surface area contributed by atoms with Crippen molar-refractivity contribution < 1.29 is 0 Å². The summed E-state index contributed by atoms with van der Waals surface area (Å²) in [6.07, 6.45) is 0. The smallest absolute Gasteiger partial charge is 0.182 e. The van der Waals surface area contributed by atoms with E-state index < -0.39 is 0 Å². The number of nitrogens with zero attached hydrogens (tertiary/aromatic N) is 1. The lowest BCUT2D eigenvalue weighted by Crippen LogP contribution is -2.12. The summed E-state index contributed by atoms with van der Waals surface area (Å²) in [5.74, 6) is 0. The summed E-state index contributed by atoms with van der Waals surface area (Å²) in [7, 11) is 0. The van der Waals surface area contributed by atoms with E-state index in [1.54, 1.807) is 12.1 Å². The average molecular weight is 293 g/mol. The van der Waals surface area contributed by atoms with Gasteiger partial charge in [0.05, 0.1) is 11.4 Å². The van der Waals surface area contributed by atoms with E-state index in [-0.39, 0.29) is 5.43 Å². The van der Waals surface area contributed by atoms with E-state index in [0.29, 0.717) is 5.69 Å². The molecule has 0 bridgehead atoms. The van der Waals surface area contributed by atoms with E-state index in [0.717, 1.165) is 21.5 Å². The highest BCUT2D eigenvalue weighted by atomic mass is 79.9. The van der Waals surface area contributed by atoms with Crippen molar-refractivity contribution in [2.45, 2.75) is 13.8 Å². The van der Waals surface area contributed by atoms with Gasteiger partial charge in [0.1, 0.15) is 0 Å². The number of anilines is 1. The van der Waals surface area contributed by atoms with Crippen molar-refractivity contribution in [2.24, 2.45) is 0 Å². The lowest BCUT2D eigenvalue weighted by molar-refractivity contribution is 0.924. The molecule has 88 valence electrons. The van der Waals surface area contributed by atoms with Crippen molar-refractivity contribution in [2.75, 3.05) is 5.73 Å². The van der Waals surface area contributed by atoms with Crippen LogP contribution in [0.25, 0.3) is 5.69 Å². The maximum atomic E-state index is 11.4. The number of aryl methyl sites for hydroxylation is 2. The molecule has 0 radical (unpaired) electrons. The lowest BCUT2D eigenvalue weighted by Gasteiger charge is -2.16. The van der Waals surface area contributed by atoms with Crippen LogP contribution in [0, 0.1) is 13.8 Å². The van der Waals surface area contributed by atoms with Crippen LogP contribution in [0.15, 0.2) is 39.6 Å². The first-order chi connectivity index (χ1) is 7.99. The monoisotopic (exact) mass is 292 g/mol. The van der Waals surface area contributed by atoms with Gasteiger partial charge in [-0.1, -0.05) is 15.9 Å². The lowest BCUT2D eigenvalue weighted by atomic mass is 10.2. The second kappa shape index (κ2) is 4.37. The number of hydrogen-bond donors (Lipinski definition) is 1. The predicted molar refractivity (Wildman–Crippen MR) is 73.6 cm³/mol. The minimum atomic E-state index is 0.0203. The van der Waals surface area contributed by atoms with Crippen LogP contribution in [0.3, 0.4) is 0 Å². The van der Waals surface area contributed by atoms with Gasteiger partial charge >= 0.3 is 0 Å². The molecule has 4 heteroatoms. The number of hydrogen-bond acceptors (Lipinski definition) is 2. The van der Waals surface area contributed by atoms with E-state index in [1.165, 1.54) is 0 Å². The highest BCUT2D eigenvalue weighted by Gasteiger charge is 2.07. The summed E-state index contributed by atoms with van der Waals surface area (Å²) in [5, 5.41) is 0. The molecule has 17 heavy (non-hydrogen) atoms. The number of halogens is 1. The molecule has 3 nitrogen and oxygen atoms in total. The number of aromatic nitrogens is 1. The predicted octanol–water partition coefficient (Wildman–Crippen LogP) is 2.80. The zero-order valence-electron chi connectivity index (χ0n) is 9.70. The molecular weight excluding hydrogens is 280 g/mol. The van der Waals surface area contributed by atoms with Crippen LogP contribution in [-0.4, -0.2) is 4.57 Å². The highest BCUT2D eigenvalue weighted by Crippen LogP contribution is 2.23. The topological polar surface area (TPSA) is 48.0 Å². The van der Waals surface area contributed by atoms with Gasteiger partial charge in [0, 0.05) is 28.0 Å². The largest absolute Gasteiger partial charge is 0.397 e. The fourth-order valence-electron chi connectivity index (χ4n) is 1.97. The maximum absolute atomic E-state index is 11.4. The Bertz CT molecular complexity index is 606. The molecule has 0 aliphatic heterocycles. The Morgan fingerprint density at radius 1 is 1.12 bits per heavy atom. The fraction of sp³-hybridized carbons (Fsp3) is 0.154. The summed E-state index contributed by atoms with van der Waals surface area (Å²) in [6, 6.07) is 8.93. The quantitative estimate of drug-likeness (QED) is 0.822. The number of nitrogens with two attached hydrogens (primary N) is 1. The Kier molecular flexibility index (Phi) is 3.07. The molecule has 0 aliphatic carbocycles. The van der Waals surface area contributed by atoms with Crippen LogP contribution >= 0.6 is 15.9 Å². The van der Waals surface area contributed by atoms with Crippen LogP contribution in [-0.2, 0) is 0 Å². The van der Waals surface area contributed by atoms with Gasteiger partial charge in [-0.2, -0.15) is 0 Å². The Labute approximate surface area is 108 Å². The van der Waals surface area contributed by atoms with E-state index in [2.05, 4.69) is 15.9 Å². The molecule has 2 rings (SSSR count). The van der Waals surface area contributed by atoms with Crippen LogP contribution in [0.2, 0.25) is 0 Å². The van der Waals surface area contributed by atoms with Gasteiger partial charge in [0.2, 0.25) is 0 Å². The van der Waals surface area contributed by atoms with Gasteiger partial charge in [-0.25, -0.2) is 0 Å². The third-order valence-corrected chi connectivity index (χ3v) is 3.13. The summed E-state index contributed by atoms with van der Waals surface area (Å²) < 4.78 is 2.92. The molecule has 1 aromatic carbocycles. The molecule has 0 atom stereocenters. The van der Waals surface area contributed by atoms with E-state index in [1.807, 2.05) is 36.6 Å². The summed E-state index contributed by atoms with van der Waals surface area (Å²) in [4.78, 5) is 11.4. The third kappa shape index (κ3) is 2.26. The van der Waals surface area contributed by atoms with Crippen LogP contribution in [0.4, 0.5) is 5.69 Å². The first kappa shape index (κ1) is 11.9. The van der Waals surface area contributed by atoms with Crippen molar-refractivity contribution in [1.29, 1.82) is 0 Å². The number of rotatable bonds is 1. The van der Waals surface area contributed by atoms with Gasteiger partial charge < -0.3 is 10.3 Å². The molecule has 2 N–H and O–H groups in total. The fourth-order valence-corrected chi connectivity index (χ4v) is 2.35. The number of benzene rings is 1. The van der Waals surface area contributed by atoms with Crippen molar-refractivity contribution in [1.82, 2.24) is 4.57 Å². The molecule has 0 spiro atoms. The van der Waals surface area contributed by atoms with Crippen LogP contribution in [0.1, 0.15) is 11.4 Å². The van der Waals surface area contributed by atoms with Gasteiger partial charge in [0.25, 0.3) is 0 Å². The number of nitrogen functional groups attached to an aromatic ring is 1. The van der Waals surface area contributed by atoms with Gasteiger partial charge in [-0.05, 0) is 32.0 Å². The minimum Gasteiger partial charge on any atom is -0.397 e. The molecule has 0 saturated carbocycles. The van der Waals surface area contributed by atoms with Gasteiger partial charge in [-0.3, -0.25) is 4.79 Å². The first-order valence-electron chi connectivity index (χ1n) is 5.25. The van der Waals surface area contributed by atoms with Crippen molar-refractivity contribution in [3.05, 3.63) is 56.4 Å². The second-order valence-electron chi connectivity index (χ2n) is 4.01. The summed E-state index contributed by atoms with van der Waals surface area (Å²) in [5.41, 5.74) is 9.35. The zero-order valence-corrected chi connectivity index (χ0v) is 11.3. The summed E-state index contributed by atoms with van der Waals surface area (Å²) in [6.45, 7) is 3.80. The molecule has 0 aliphatic rings. The molecular formula is C13H13BrN2O. The van der Waals surface area contributed by atoms with E-state index in [4.69, 9.17) is 5.73 Å². The zero-order chi connectivity index (χ0) is 12.6. The second-order valence-corrected chi connectivity index (χ2v) is 4.93. The van der Waals surface area contributed by atoms with Crippen molar-refractivity contribution in [3.8, 4) is 5.69 Å². The van der Waals surface area contributed by atoms with Crippen molar-refractivity contribution in [3.63, 3.8) is 0 Å². The molecule has 0 amide bonds. The molecule has 0 unspecified atom stereocenters. The first-order valence-corrected chi connectivity index (χ1v) is 6.04. The summed E-state index contributed by atoms with van der Waals surface area (Å²) >= 11 is 3.38. The van der Waals surface area contributed by atoms with Crippen LogP contribution in [0.5, 0.6) is 0 Å². The Hall–Kier alpha value is -1.55. The Morgan fingerprint density at radius 3 is 2.24 bits per heavy atom. The maximum Gasteiger partial charge on any atom is 0.182 e. The van der Waals surface area contributed by atoms with E-state index >= 15 is 0 Å². The van der Waals surface area contributed by atoms with Gasteiger partial charge in [-0.15, -0.1) is 0 Å². The molecule has 0 fully saturated rings. The third-order valence-electron chi connectivity index (χ3n) is 2.64. The SMILES string of the molecule is Cc1cc(=O)cc(C)n1-c1ccc(Br)cc1N. The average Bonchev–Trinajstić information content (AvgIpc) is 2.19. The molecule has 1 aromatic heterocycles. The molecule has 1 heterocycles. The number of pyridine rings is 1.